The van der Waals surface area contributed by atoms with Crippen LogP contribution in [0.3, 0.4) is 0 Å². The summed E-state index contributed by atoms with van der Waals surface area (Å²) in [6.07, 6.45) is 0. The molecule has 0 aliphatic rings. The zero-order valence-corrected chi connectivity index (χ0v) is 20.8. The highest BCUT2D eigenvalue weighted by Gasteiger charge is 2.25. The summed E-state index contributed by atoms with van der Waals surface area (Å²) in [4.78, 5) is 0.712. The smallest absolute Gasteiger partial charge is 0.141 e. The normalized spacial score (nSPS) is 12.6. The van der Waals surface area contributed by atoms with Gasteiger partial charge in [-0.1, -0.05) is 48.5 Å². The van der Waals surface area contributed by atoms with Gasteiger partial charge in [0.1, 0.15) is 16.7 Å². The van der Waals surface area contributed by atoms with Crippen molar-refractivity contribution in [2.24, 2.45) is 0 Å². The van der Waals surface area contributed by atoms with Crippen molar-refractivity contribution in [3.63, 3.8) is 0 Å². The average Bonchev–Trinajstić information content (AvgIpc) is 2.71. The average molecular weight is 547 g/mol. The number of halogens is 2. The van der Waals surface area contributed by atoms with E-state index in [4.69, 9.17) is 4.74 Å². The molecule has 0 aromatic heterocycles. The van der Waals surface area contributed by atoms with Crippen LogP contribution in [0, 0.1) is 0 Å². The van der Waals surface area contributed by atoms with Gasteiger partial charge in [-0.3, -0.25) is 0 Å². The highest BCUT2D eigenvalue weighted by molar-refractivity contribution is 9.10. The standard InChI is InChI=1S/C24H21Br2NO2S/c1-14(2)27-30(28)24-20(26)13-16-9-5-7-11-18(16)22(24)21-17-10-6-4-8-15(17)12-19(25)23(21)29-3/h4-14,27H,1-3H3. The molecule has 0 radical (unpaired) electrons. The predicted molar refractivity (Wildman–Crippen MR) is 134 cm³/mol. The molecule has 0 bridgehead atoms. The maximum Gasteiger partial charge on any atom is 0.141 e. The maximum absolute atomic E-state index is 13.5. The van der Waals surface area contributed by atoms with Gasteiger partial charge < -0.3 is 4.74 Å². The first-order chi connectivity index (χ1) is 14.4. The summed E-state index contributed by atoms with van der Waals surface area (Å²) in [5.74, 6) is 0.722. The number of benzene rings is 4. The van der Waals surface area contributed by atoms with E-state index in [1.54, 1.807) is 7.11 Å². The van der Waals surface area contributed by atoms with Gasteiger partial charge in [0.05, 0.1) is 16.5 Å². The Morgan fingerprint density at radius 2 is 1.40 bits per heavy atom. The highest BCUT2D eigenvalue weighted by Crippen LogP contribution is 2.48. The van der Waals surface area contributed by atoms with Crippen molar-refractivity contribution in [1.82, 2.24) is 4.72 Å². The Balaban J connectivity index is 2.22. The van der Waals surface area contributed by atoms with E-state index in [1.807, 2.05) is 44.2 Å². The molecule has 1 atom stereocenters. The van der Waals surface area contributed by atoms with E-state index in [9.17, 15) is 4.21 Å². The first kappa shape index (κ1) is 21.5. The van der Waals surface area contributed by atoms with E-state index in [-0.39, 0.29) is 6.04 Å². The van der Waals surface area contributed by atoms with Gasteiger partial charge in [0, 0.05) is 21.6 Å². The summed E-state index contributed by atoms with van der Waals surface area (Å²) >= 11 is 7.38. The van der Waals surface area contributed by atoms with Crippen LogP contribution in [0.5, 0.6) is 5.75 Å². The molecular weight excluding hydrogens is 526 g/mol. The van der Waals surface area contributed by atoms with Crippen LogP contribution < -0.4 is 9.46 Å². The molecule has 0 fully saturated rings. The van der Waals surface area contributed by atoms with Crippen molar-refractivity contribution in [2.75, 3.05) is 7.11 Å². The number of hydrogen-bond donors (Lipinski definition) is 1. The predicted octanol–water partition coefficient (Wildman–Crippen LogP) is 7.21. The highest BCUT2D eigenvalue weighted by atomic mass is 79.9. The first-order valence-electron chi connectivity index (χ1n) is 9.57. The molecule has 1 N–H and O–H groups in total. The monoisotopic (exact) mass is 545 g/mol. The molecule has 4 aromatic rings. The van der Waals surface area contributed by atoms with Gasteiger partial charge in [-0.15, -0.1) is 0 Å². The van der Waals surface area contributed by atoms with E-state index in [0.29, 0.717) is 4.90 Å². The molecule has 154 valence electrons. The molecule has 30 heavy (non-hydrogen) atoms. The molecule has 0 saturated heterocycles. The molecular formula is C24H21Br2NO2S. The fourth-order valence-electron chi connectivity index (χ4n) is 3.74. The first-order valence-corrected chi connectivity index (χ1v) is 12.3. The van der Waals surface area contributed by atoms with Crippen molar-refractivity contribution in [1.29, 1.82) is 0 Å². The lowest BCUT2D eigenvalue weighted by Gasteiger charge is -2.21. The molecule has 4 aromatic carbocycles. The third-order valence-corrected chi connectivity index (χ3v) is 7.85. The number of methoxy groups -OCH3 is 1. The van der Waals surface area contributed by atoms with Crippen molar-refractivity contribution < 1.29 is 8.95 Å². The van der Waals surface area contributed by atoms with Crippen molar-refractivity contribution in [2.45, 2.75) is 24.8 Å². The van der Waals surface area contributed by atoms with Crippen LogP contribution in [0.15, 0.2) is 74.5 Å². The van der Waals surface area contributed by atoms with Crippen LogP contribution in [0.25, 0.3) is 32.7 Å². The molecule has 3 nitrogen and oxygen atoms in total. The van der Waals surface area contributed by atoms with Gasteiger partial charge in [0.15, 0.2) is 0 Å². The second-order valence-corrected chi connectivity index (χ2v) is 10.2. The quantitative estimate of drug-likeness (QED) is 0.287. The van der Waals surface area contributed by atoms with Crippen LogP contribution in [0.1, 0.15) is 13.8 Å². The Hall–Kier alpha value is -1.73. The summed E-state index contributed by atoms with van der Waals surface area (Å²) in [6, 6.07) is 20.5. The van der Waals surface area contributed by atoms with Crippen LogP contribution in [0.2, 0.25) is 0 Å². The van der Waals surface area contributed by atoms with E-state index >= 15 is 0 Å². The van der Waals surface area contributed by atoms with E-state index in [1.165, 1.54) is 0 Å². The zero-order chi connectivity index (χ0) is 21.4. The molecule has 1 unspecified atom stereocenters. The minimum atomic E-state index is -1.42. The lowest BCUT2D eigenvalue weighted by molar-refractivity contribution is 0.414. The summed E-state index contributed by atoms with van der Waals surface area (Å²) < 4.78 is 24.1. The fraction of sp³-hybridized carbons (Fsp3) is 0.167. The summed E-state index contributed by atoms with van der Waals surface area (Å²) in [6.45, 7) is 3.98. The van der Waals surface area contributed by atoms with Gasteiger partial charge in [-0.05, 0) is 79.4 Å². The van der Waals surface area contributed by atoms with Crippen molar-refractivity contribution in [3.8, 4) is 16.9 Å². The molecule has 0 heterocycles. The minimum absolute atomic E-state index is 0.0678. The molecule has 0 spiro atoms. The van der Waals surface area contributed by atoms with Crippen LogP contribution in [-0.4, -0.2) is 17.4 Å². The second kappa shape index (κ2) is 8.79. The van der Waals surface area contributed by atoms with Gasteiger partial charge in [-0.25, -0.2) is 8.93 Å². The maximum atomic E-state index is 13.5. The molecule has 0 saturated carbocycles. The zero-order valence-electron chi connectivity index (χ0n) is 16.8. The van der Waals surface area contributed by atoms with Gasteiger partial charge in [0.2, 0.25) is 0 Å². The van der Waals surface area contributed by atoms with E-state index < -0.39 is 11.0 Å². The summed E-state index contributed by atoms with van der Waals surface area (Å²) in [5, 5.41) is 4.22. The number of rotatable bonds is 5. The third kappa shape index (κ3) is 3.82. The van der Waals surface area contributed by atoms with E-state index in [2.05, 4.69) is 66.9 Å². The molecule has 6 heteroatoms. The Morgan fingerprint density at radius 1 is 0.867 bits per heavy atom. The summed E-state index contributed by atoms with van der Waals surface area (Å²) in [5.41, 5.74) is 1.83. The number of hydrogen-bond acceptors (Lipinski definition) is 2. The Labute approximate surface area is 195 Å². The Bertz CT molecular complexity index is 1290. The van der Waals surface area contributed by atoms with Gasteiger partial charge in [0.25, 0.3) is 0 Å². The molecule has 0 amide bonds. The minimum Gasteiger partial charge on any atom is -0.495 e. The number of ether oxygens (including phenoxy) is 1. The van der Waals surface area contributed by atoms with Crippen molar-refractivity contribution >= 4 is 64.4 Å². The van der Waals surface area contributed by atoms with Gasteiger partial charge in [-0.2, -0.15) is 0 Å². The molecule has 0 aliphatic carbocycles. The largest absolute Gasteiger partial charge is 0.495 e. The summed E-state index contributed by atoms with van der Waals surface area (Å²) in [7, 11) is 0.248. The molecule has 4 rings (SSSR count). The van der Waals surface area contributed by atoms with Gasteiger partial charge >= 0.3 is 0 Å². The topological polar surface area (TPSA) is 38.3 Å². The van der Waals surface area contributed by atoms with Crippen LogP contribution >= 0.6 is 31.9 Å². The van der Waals surface area contributed by atoms with Crippen molar-refractivity contribution in [3.05, 3.63) is 69.6 Å². The number of nitrogens with one attached hydrogen (secondary N) is 1. The lowest BCUT2D eigenvalue weighted by Crippen LogP contribution is -2.25. The van der Waals surface area contributed by atoms with Crippen LogP contribution in [0.4, 0.5) is 0 Å². The van der Waals surface area contributed by atoms with Crippen LogP contribution in [-0.2, 0) is 11.0 Å². The van der Waals surface area contributed by atoms with E-state index in [0.717, 1.165) is 47.4 Å². The third-order valence-electron chi connectivity index (χ3n) is 4.89. The lowest BCUT2D eigenvalue weighted by atomic mass is 9.93. The second-order valence-electron chi connectivity index (χ2n) is 7.31. The SMILES string of the molecule is COc1c(Br)cc2ccccc2c1-c1c(S(=O)NC(C)C)c(Br)cc2ccccc12. The Morgan fingerprint density at radius 3 is 1.97 bits per heavy atom. The number of fused-ring (bicyclic) bond motifs is 2. The molecule has 0 aliphatic heterocycles. The fourth-order valence-corrected chi connectivity index (χ4v) is 6.41. The Kier molecular flexibility index (Phi) is 6.30.